The van der Waals surface area contributed by atoms with Gasteiger partial charge >= 0.3 is 6.09 Å². The van der Waals surface area contributed by atoms with Crippen molar-refractivity contribution in [1.82, 2.24) is 9.21 Å². The third kappa shape index (κ3) is 10.5. The van der Waals surface area contributed by atoms with Gasteiger partial charge in [-0.2, -0.15) is 17.1 Å². The normalized spacial score (nSPS) is 20.3. The van der Waals surface area contributed by atoms with Crippen molar-refractivity contribution in [2.45, 2.75) is 128 Å². The predicted molar refractivity (Wildman–Crippen MR) is 200 cm³/mol. The fourth-order valence-electron chi connectivity index (χ4n) is 8.36. The van der Waals surface area contributed by atoms with Gasteiger partial charge in [0.1, 0.15) is 8.42 Å². The molecule has 2 heterocycles. The first-order chi connectivity index (χ1) is 23.3. The minimum Gasteiger partial charge on any atom is -0.453 e. The molecular weight excluding hydrogens is 683 g/mol. The van der Waals surface area contributed by atoms with Crippen LogP contribution < -0.4 is 0 Å². The molecule has 6 unspecified atom stereocenters. The Morgan fingerprint density at radius 1 is 1.00 bits per heavy atom. The number of hydrogen-bond acceptors (Lipinski definition) is 8. The van der Waals surface area contributed by atoms with Crippen molar-refractivity contribution in [3.05, 3.63) is 11.6 Å². The van der Waals surface area contributed by atoms with Gasteiger partial charge in [-0.05, 0) is 67.8 Å². The molecule has 10 nitrogen and oxygen atoms in total. The van der Waals surface area contributed by atoms with E-state index in [1.54, 1.807) is 14.0 Å². The fourth-order valence-corrected chi connectivity index (χ4v) is 13.1. The second-order valence-corrected chi connectivity index (χ2v) is 18.5. The van der Waals surface area contributed by atoms with Gasteiger partial charge in [-0.1, -0.05) is 87.0 Å². The summed E-state index contributed by atoms with van der Waals surface area (Å²) < 4.78 is 69.7. The van der Waals surface area contributed by atoms with Gasteiger partial charge < -0.3 is 14.4 Å². The molecule has 1 aromatic rings. The van der Waals surface area contributed by atoms with E-state index in [2.05, 4.69) is 52.9 Å². The van der Waals surface area contributed by atoms with Crippen LogP contribution in [0, 0.1) is 35.5 Å². The predicted octanol–water partition coefficient (Wildman–Crippen LogP) is 8.64. The average Bonchev–Trinajstić information content (AvgIpc) is 3.57. The number of carbonyl (C=O) groups is 1. The van der Waals surface area contributed by atoms with Crippen molar-refractivity contribution < 1.29 is 31.1 Å². The van der Waals surface area contributed by atoms with Crippen LogP contribution in [0.3, 0.4) is 0 Å². The van der Waals surface area contributed by atoms with E-state index < -0.39 is 32.2 Å². The van der Waals surface area contributed by atoms with Gasteiger partial charge in [-0.15, -0.1) is 11.3 Å². The van der Waals surface area contributed by atoms with Crippen LogP contribution in [0.15, 0.2) is 18.9 Å². The Balaban J connectivity index is 2.36. The zero-order valence-corrected chi connectivity index (χ0v) is 34.3. The zero-order valence-electron chi connectivity index (χ0n) is 31.8. The molecule has 0 radical (unpaired) electrons. The fraction of sp³-hybridized carbons (Fsp3) is 0.833. The largest absolute Gasteiger partial charge is 0.453 e. The topological polar surface area (TPSA) is 123 Å². The van der Waals surface area contributed by atoms with Gasteiger partial charge in [-0.25, -0.2) is 13.2 Å². The lowest BCUT2D eigenvalue weighted by Crippen LogP contribution is -2.47. The van der Waals surface area contributed by atoms with Crippen molar-refractivity contribution in [3.8, 4) is 0 Å². The first-order valence-electron chi connectivity index (χ1n) is 18.5. The lowest BCUT2D eigenvalue weighted by molar-refractivity contribution is 0.0731. The SMILES string of the molecule is CCC(C)C(CC)C(CC)C(CC)C(CC)C(CC)CC/C=N/S(=O)(=O)c1cc2c(s1)S(=O)(=O)N(CCCOC)C[C@@H]2N(CC)C(=O)OC. The molecule has 1 aliphatic rings. The standard InChI is InChI=1S/C36H65N3O7S3/c1-11-26(8)28(13-3)30(15-5)31(16-6)29(14-4)27(12-2)20-18-21-37-48(41,42)34-24-32-33(39(17-7)36(40)46-10)25-38(22-19-23-45-9)49(43,44)35(32)47-34/h21,24,26-31,33H,11-20,22-23,25H2,1-10H3/b37-21+/t26?,27?,28?,29?,30?,31?,33-/m0/s1. The molecular formula is C36H65N3O7S3. The van der Waals surface area contributed by atoms with E-state index in [4.69, 9.17) is 9.47 Å². The van der Waals surface area contributed by atoms with E-state index in [-0.39, 0.29) is 33.6 Å². The molecule has 1 amide bonds. The first kappa shape index (κ1) is 43.6. The Bertz CT molecular complexity index is 1400. The summed E-state index contributed by atoms with van der Waals surface area (Å²) in [5, 5.41) is 0. The Labute approximate surface area is 302 Å². The highest BCUT2D eigenvalue weighted by Gasteiger charge is 2.43. The van der Waals surface area contributed by atoms with Crippen LogP contribution in [0.5, 0.6) is 0 Å². The Kier molecular flexibility index (Phi) is 18.2. The van der Waals surface area contributed by atoms with Crippen LogP contribution in [0.2, 0.25) is 0 Å². The summed E-state index contributed by atoms with van der Waals surface area (Å²) in [6.07, 6.45) is 9.54. The van der Waals surface area contributed by atoms with Crippen LogP contribution in [0.4, 0.5) is 4.79 Å². The monoisotopic (exact) mass is 747 g/mol. The van der Waals surface area contributed by atoms with Crippen molar-refractivity contribution in [2.24, 2.45) is 39.9 Å². The molecule has 0 saturated heterocycles. The summed E-state index contributed by atoms with van der Waals surface area (Å²) in [5.41, 5.74) is 0.282. The Morgan fingerprint density at radius 3 is 2.12 bits per heavy atom. The summed E-state index contributed by atoms with van der Waals surface area (Å²) in [7, 11) is -5.35. The number of rotatable bonds is 22. The minimum atomic E-state index is -4.17. The summed E-state index contributed by atoms with van der Waals surface area (Å²) in [6, 6.07) is 0.678. The van der Waals surface area contributed by atoms with Crippen molar-refractivity contribution in [3.63, 3.8) is 0 Å². The smallest absolute Gasteiger partial charge is 0.410 e. The number of ether oxygens (including phenoxy) is 2. The van der Waals surface area contributed by atoms with Crippen LogP contribution in [-0.4, -0.2) is 78.8 Å². The Morgan fingerprint density at radius 2 is 1.61 bits per heavy atom. The van der Waals surface area contributed by atoms with Gasteiger partial charge in [0.2, 0.25) is 0 Å². The van der Waals surface area contributed by atoms with Gasteiger partial charge in [0, 0.05) is 45.1 Å². The lowest BCUT2D eigenvalue weighted by Gasteiger charge is -2.42. The average molecular weight is 748 g/mol. The third-order valence-corrected chi connectivity index (χ3v) is 16.3. The first-order valence-corrected chi connectivity index (χ1v) is 22.2. The molecule has 0 bridgehead atoms. The third-order valence-electron chi connectivity index (χ3n) is 11.1. The van der Waals surface area contributed by atoms with Gasteiger partial charge in [0.05, 0.1) is 13.2 Å². The minimum absolute atomic E-state index is 0.00746. The van der Waals surface area contributed by atoms with E-state index in [1.165, 1.54) is 47.9 Å². The lowest BCUT2D eigenvalue weighted by atomic mass is 9.63. The summed E-state index contributed by atoms with van der Waals surface area (Å²) in [5.74, 6) is 3.69. The van der Waals surface area contributed by atoms with Crippen LogP contribution in [0.1, 0.15) is 125 Å². The second-order valence-electron chi connectivity index (χ2n) is 13.5. The summed E-state index contributed by atoms with van der Waals surface area (Å²) in [4.78, 5) is 14.1. The molecule has 2 rings (SSSR count). The van der Waals surface area contributed by atoms with Crippen molar-refractivity contribution in [2.75, 3.05) is 40.5 Å². The van der Waals surface area contributed by atoms with Crippen LogP contribution >= 0.6 is 11.3 Å². The molecule has 0 aromatic carbocycles. The molecule has 1 aliphatic heterocycles. The zero-order chi connectivity index (χ0) is 36.9. The van der Waals surface area contributed by atoms with Gasteiger partial charge in [0.15, 0.2) is 0 Å². The number of methoxy groups -OCH3 is 2. The maximum Gasteiger partial charge on any atom is 0.410 e. The van der Waals surface area contributed by atoms with Crippen LogP contribution in [-0.2, 0) is 29.5 Å². The van der Waals surface area contributed by atoms with Gasteiger partial charge in [-0.3, -0.25) is 0 Å². The molecule has 0 aliphatic carbocycles. The number of thiophene rings is 1. The van der Waals surface area contributed by atoms with E-state index in [0.29, 0.717) is 66.3 Å². The molecule has 13 heteroatoms. The molecule has 284 valence electrons. The maximum atomic E-state index is 13.7. The number of fused-ring (bicyclic) bond motifs is 1. The van der Waals surface area contributed by atoms with E-state index in [0.717, 1.165) is 25.7 Å². The second kappa shape index (κ2) is 20.5. The van der Waals surface area contributed by atoms with Crippen molar-refractivity contribution in [1.29, 1.82) is 0 Å². The number of hydrogen-bond donors (Lipinski definition) is 0. The molecule has 0 saturated carbocycles. The summed E-state index contributed by atoms with van der Waals surface area (Å²) in [6.45, 7) is 18.8. The van der Waals surface area contributed by atoms with Crippen LogP contribution in [0.25, 0.3) is 0 Å². The van der Waals surface area contributed by atoms with E-state index in [9.17, 15) is 21.6 Å². The number of carbonyl (C=O) groups excluding carboxylic acids is 1. The highest BCUT2D eigenvalue weighted by atomic mass is 32.3. The number of amides is 1. The highest BCUT2D eigenvalue weighted by Crippen LogP contribution is 2.45. The highest BCUT2D eigenvalue weighted by molar-refractivity contribution is 7.94. The molecule has 0 N–H and O–H groups in total. The quantitative estimate of drug-likeness (QED) is 0.0860. The van der Waals surface area contributed by atoms with E-state index >= 15 is 0 Å². The number of likely N-dealkylation sites (N-methyl/N-ethyl adjacent to an activating group) is 1. The molecule has 7 atom stereocenters. The number of nitrogens with zero attached hydrogens (tertiary/aromatic N) is 3. The molecule has 1 aromatic heterocycles. The number of sulfonamides is 2. The Hall–Kier alpha value is -1.54. The molecule has 0 fully saturated rings. The summed E-state index contributed by atoms with van der Waals surface area (Å²) >= 11 is 0.701. The molecule has 49 heavy (non-hydrogen) atoms. The maximum absolute atomic E-state index is 13.7. The van der Waals surface area contributed by atoms with Crippen molar-refractivity contribution >= 4 is 43.7 Å². The van der Waals surface area contributed by atoms with E-state index in [1.807, 2.05) is 0 Å². The molecule has 0 spiro atoms. The van der Waals surface area contributed by atoms with Gasteiger partial charge in [0.25, 0.3) is 20.0 Å².